The van der Waals surface area contributed by atoms with E-state index < -0.39 is 17.4 Å². The van der Waals surface area contributed by atoms with E-state index in [2.05, 4.69) is 21.2 Å². The lowest BCUT2D eigenvalue weighted by molar-refractivity contribution is -0.127. The second kappa shape index (κ2) is 4.77. The van der Waals surface area contributed by atoms with Gasteiger partial charge in [-0.05, 0) is 24.6 Å². The van der Waals surface area contributed by atoms with Crippen LogP contribution in [0.2, 0.25) is 0 Å². The number of nitrogens with zero attached hydrogens (tertiary/aromatic N) is 1. The van der Waals surface area contributed by atoms with E-state index in [1.54, 1.807) is 18.2 Å². The maximum absolute atomic E-state index is 12.5. The molecule has 0 saturated carbocycles. The SMILES string of the molecule is O=CC1(N2C(=O)c3ccc(Br)cc3C2=O)CCC(=O)NC1. The highest BCUT2D eigenvalue weighted by Gasteiger charge is 2.50. The summed E-state index contributed by atoms with van der Waals surface area (Å²) in [5, 5.41) is 2.55. The van der Waals surface area contributed by atoms with Gasteiger partial charge in [0.05, 0.1) is 11.1 Å². The molecule has 1 atom stereocenters. The van der Waals surface area contributed by atoms with Gasteiger partial charge in [-0.25, -0.2) is 0 Å². The van der Waals surface area contributed by atoms with Crippen molar-refractivity contribution < 1.29 is 19.2 Å². The molecule has 108 valence electrons. The molecule has 1 aromatic carbocycles. The molecule has 1 unspecified atom stereocenters. The number of rotatable bonds is 2. The van der Waals surface area contributed by atoms with Gasteiger partial charge in [0.1, 0.15) is 11.8 Å². The second-order valence-electron chi connectivity index (χ2n) is 5.13. The molecule has 0 radical (unpaired) electrons. The Morgan fingerprint density at radius 2 is 1.90 bits per heavy atom. The molecule has 1 N–H and O–H groups in total. The zero-order valence-corrected chi connectivity index (χ0v) is 12.5. The van der Waals surface area contributed by atoms with Gasteiger partial charge in [-0.3, -0.25) is 19.3 Å². The van der Waals surface area contributed by atoms with Crippen LogP contribution in [0.1, 0.15) is 33.6 Å². The van der Waals surface area contributed by atoms with E-state index in [0.29, 0.717) is 10.8 Å². The van der Waals surface area contributed by atoms with Crippen molar-refractivity contribution in [1.82, 2.24) is 10.2 Å². The molecule has 1 aromatic rings. The van der Waals surface area contributed by atoms with E-state index >= 15 is 0 Å². The Morgan fingerprint density at radius 3 is 2.52 bits per heavy atom. The molecule has 0 aliphatic carbocycles. The van der Waals surface area contributed by atoms with Crippen LogP contribution in [-0.2, 0) is 9.59 Å². The smallest absolute Gasteiger partial charge is 0.262 e. The second-order valence-corrected chi connectivity index (χ2v) is 6.05. The van der Waals surface area contributed by atoms with Gasteiger partial charge in [0.25, 0.3) is 11.8 Å². The van der Waals surface area contributed by atoms with Crippen LogP contribution < -0.4 is 5.32 Å². The molecule has 2 aliphatic heterocycles. The highest BCUT2D eigenvalue weighted by molar-refractivity contribution is 9.10. The van der Waals surface area contributed by atoms with Gasteiger partial charge in [0, 0.05) is 17.4 Å². The molecule has 21 heavy (non-hydrogen) atoms. The molecule has 6 nitrogen and oxygen atoms in total. The average molecular weight is 351 g/mol. The van der Waals surface area contributed by atoms with E-state index in [9.17, 15) is 19.2 Å². The summed E-state index contributed by atoms with van der Waals surface area (Å²) in [6.07, 6.45) is 0.841. The van der Waals surface area contributed by atoms with Crippen molar-refractivity contribution in [2.75, 3.05) is 6.54 Å². The first-order valence-electron chi connectivity index (χ1n) is 6.40. The molecule has 7 heteroatoms. The van der Waals surface area contributed by atoms with Gasteiger partial charge in [0.15, 0.2) is 0 Å². The van der Waals surface area contributed by atoms with Crippen LogP contribution in [0.4, 0.5) is 0 Å². The predicted molar refractivity (Wildman–Crippen MR) is 75.7 cm³/mol. The number of carbonyl (C=O) groups is 4. The number of amides is 3. The van der Waals surface area contributed by atoms with E-state index in [1.165, 1.54) is 0 Å². The minimum absolute atomic E-state index is 0.0397. The maximum Gasteiger partial charge on any atom is 0.262 e. The highest BCUT2D eigenvalue weighted by Crippen LogP contribution is 2.33. The fraction of sp³-hybridized carbons (Fsp3) is 0.286. The summed E-state index contributed by atoms with van der Waals surface area (Å²) in [4.78, 5) is 48.8. The molecule has 0 aromatic heterocycles. The Hall–Kier alpha value is -2.02. The number of benzene rings is 1. The minimum atomic E-state index is -1.30. The number of imide groups is 1. The molecule has 0 spiro atoms. The number of fused-ring (bicyclic) bond motifs is 1. The summed E-state index contributed by atoms with van der Waals surface area (Å²) in [5.74, 6) is -1.18. The Kier molecular flexibility index (Phi) is 3.16. The molecule has 2 heterocycles. The first kappa shape index (κ1) is 13.9. The van der Waals surface area contributed by atoms with Crippen molar-refractivity contribution >= 4 is 39.9 Å². The molecule has 3 rings (SSSR count). The third-order valence-electron chi connectivity index (χ3n) is 3.89. The van der Waals surface area contributed by atoms with E-state index in [-0.39, 0.29) is 36.4 Å². The van der Waals surface area contributed by atoms with E-state index in [4.69, 9.17) is 0 Å². The monoisotopic (exact) mass is 350 g/mol. The van der Waals surface area contributed by atoms with Crippen molar-refractivity contribution in [3.05, 3.63) is 33.8 Å². The first-order chi connectivity index (χ1) is 9.98. The normalized spacial score (nSPS) is 24.8. The third-order valence-corrected chi connectivity index (χ3v) is 4.38. The Morgan fingerprint density at radius 1 is 1.19 bits per heavy atom. The fourth-order valence-corrected chi connectivity index (χ4v) is 3.08. The maximum atomic E-state index is 12.5. The van der Waals surface area contributed by atoms with Crippen LogP contribution in [0.15, 0.2) is 22.7 Å². The minimum Gasteiger partial charge on any atom is -0.353 e. The average Bonchev–Trinajstić information content (AvgIpc) is 2.73. The number of halogens is 1. The molecule has 1 saturated heterocycles. The molecule has 2 aliphatic rings. The number of hydrogen-bond acceptors (Lipinski definition) is 4. The largest absolute Gasteiger partial charge is 0.353 e. The summed E-state index contributed by atoms with van der Waals surface area (Å²) >= 11 is 3.26. The predicted octanol–water partition coefficient (Wildman–Crippen LogP) is 0.893. The molecule has 3 amide bonds. The van der Waals surface area contributed by atoms with Crippen LogP contribution >= 0.6 is 15.9 Å². The van der Waals surface area contributed by atoms with Gasteiger partial charge >= 0.3 is 0 Å². The lowest BCUT2D eigenvalue weighted by Crippen LogP contribution is -2.61. The van der Waals surface area contributed by atoms with Crippen molar-refractivity contribution in [2.24, 2.45) is 0 Å². The van der Waals surface area contributed by atoms with E-state index in [1.807, 2.05) is 0 Å². The van der Waals surface area contributed by atoms with Crippen LogP contribution in [0.5, 0.6) is 0 Å². The van der Waals surface area contributed by atoms with Crippen LogP contribution in [0.3, 0.4) is 0 Å². The summed E-state index contributed by atoms with van der Waals surface area (Å²) in [7, 11) is 0. The zero-order chi connectivity index (χ0) is 15.2. The quantitative estimate of drug-likeness (QED) is 0.634. The molecular weight excluding hydrogens is 340 g/mol. The summed E-state index contributed by atoms with van der Waals surface area (Å²) < 4.78 is 0.682. The summed E-state index contributed by atoms with van der Waals surface area (Å²) in [6.45, 7) is -0.0397. The van der Waals surface area contributed by atoms with Gasteiger partial charge in [-0.15, -0.1) is 0 Å². The standard InChI is InChI=1S/C14H11BrN2O4/c15-8-1-2-9-10(5-8)13(21)17(12(9)20)14(7-18)4-3-11(19)16-6-14/h1-2,5,7H,3-4,6H2,(H,16,19). The van der Waals surface area contributed by atoms with Gasteiger partial charge in [-0.2, -0.15) is 0 Å². The Labute approximate surface area is 128 Å². The Balaban J connectivity index is 2.04. The molecule has 1 fully saturated rings. The number of carbonyl (C=O) groups excluding carboxylic acids is 4. The zero-order valence-electron chi connectivity index (χ0n) is 10.9. The lowest BCUT2D eigenvalue weighted by atomic mass is 9.89. The highest BCUT2D eigenvalue weighted by atomic mass is 79.9. The number of aldehydes is 1. The fourth-order valence-electron chi connectivity index (χ4n) is 2.72. The number of piperidine rings is 1. The van der Waals surface area contributed by atoms with Crippen LogP contribution in [0, 0.1) is 0 Å². The Bertz CT molecular complexity index is 676. The van der Waals surface area contributed by atoms with Crippen molar-refractivity contribution in [3.8, 4) is 0 Å². The topological polar surface area (TPSA) is 83.6 Å². The summed E-state index contributed by atoms with van der Waals surface area (Å²) in [5.41, 5.74) is -0.748. The number of nitrogens with one attached hydrogen (secondary N) is 1. The first-order valence-corrected chi connectivity index (χ1v) is 7.19. The van der Waals surface area contributed by atoms with E-state index in [0.717, 1.165) is 4.90 Å². The van der Waals surface area contributed by atoms with Crippen molar-refractivity contribution in [2.45, 2.75) is 18.4 Å². The lowest BCUT2D eigenvalue weighted by Gasteiger charge is -2.38. The van der Waals surface area contributed by atoms with Crippen molar-refractivity contribution in [1.29, 1.82) is 0 Å². The van der Waals surface area contributed by atoms with Crippen LogP contribution in [0.25, 0.3) is 0 Å². The van der Waals surface area contributed by atoms with Gasteiger partial charge < -0.3 is 10.1 Å². The van der Waals surface area contributed by atoms with Gasteiger partial charge in [0.2, 0.25) is 5.91 Å². The van der Waals surface area contributed by atoms with Gasteiger partial charge in [-0.1, -0.05) is 15.9 Å². The molecule has 0 bridgehead atoms. The van der Waals surface area contributed by atoms with Crippen LogP contribution in [-0.4, -0.2) is 41.0 Å². The summed E-state index contributed by atoms with van der Waals surface area (Å²) in [6, 6.07) is 4.79. The molecular formula is C14H11BrN2O4. The number of hydrogen-bond donors (Lipinski definition) is 1. The third kappa shape index (κ3) is 1.99. The van der Waals surface area contributed by atoms with Crippen molar-refractivity contribution in [3.63, 3.8) is 0 Å².